The lowest BCUT2D eigenvalue weighted by molar-refractivity contribution is -0.137. The minimum Gasteiger partial charge on any atom is -0.354 e. The first-order valence-corrected chi connectivity index (χ1v) is 9.17. The van der Waals surface area contributed by atoms with E-state index in [-0.39, 0.29) is 11.9 Å². The lowest BCUT2D eigenvalue weighted by Crippen LogP contribution is -2.55. The van der Waals surface area contributed by atoms with Crippen molar-refractivity contribution in [2.45, 2.75) is 50.9 Å². The first-order chi connectivity index (χ1) is 12.3. The molecule has 144 valence electrons. The third kappa shape index (κ3) is 4.47. The zero-order chi connectivity index (χ0) is 18.7. The Labute approximate surface area is 151 Å². The number of halogens is 3. The van der Waals surface area contributed by atoms with E-state index in [2.05, 4.69) is 15.2 Å². The SMILES string of the molecule is C[C@H](C(=O)NC1CCCC1)N1CCN(c2ccc(C(F)(F)F)cn2)CC1. The van der Waals surface area contributed by atoms with E-state index >= 15 is 0 Å². The molecule has 1 aromatic heterocycles. The van der Waals surface area contributed by atoms with Crippen molar-refractivity contribution >= 4 is 11.7 Å². The highest BCUT2D eigenvalue weighted by molar-refractivity contribution is 5.81. The smallest absolute Gasteiger partial charge is 0.354 e. The second-order valence-corrected chi connectivity index (χ2v) is 7.09. The minimum atomic E-state index is -4.37. The molecule has 2 aliphatic rings. The Kier molecular flexibility index (Phi) is 5.70. The van der Waals surface area contributed by atoms with Crippen LogP contribution in [-0.4, -0.2) is 54.1 Å². The number of rotatable bonds is 4. The fourth-order valence-corrected chi connectivity index (χ4v) is 3.64. The summed E-state index contributed by atoms with van der Waals surface area (Å²) in [5, 5.41) is 3.13. The maximum Gasteiger partial charge on any atom is 0.417 e. The molecule has 5 nitrogen and oxygen atoms in total. The van der Waals surface area contributed by atoms with Crippen LogP contribution in [0.1, 0.15) is 38.2 Å². The first kappa shape index (κ1) is 18.9. The van der Waals surface area contributed by atoms with Crippen molar-refractivity contribution in [1.82, 2.24) is 15.2 Å². The van der Waals surface area contributed by atoms with E-state index < -0.39 is 11.7 Å². The van der Waals surface area contributed by atoms with Crippen molar-refractivity contribution in [1.29, 1.82) is 0 Å². The molecule has 1 aliphatic carbocycles. The molecule has 1 aliphatic heterocycles. The standard InChI is InChI=1S/C18H25F3N4O/c1-13(17(26)23-15-4-2-3-5-15)24-8-10-25(11-9-24)16-7-6-14(12-22-16)18(19,20)21/h6-7,12-13,15H,2-5,8-11H2,1H3,(H,23,26)/t13-/m1/s1. The van der Waals surface area contributed by atoms with E-state index in [1.54, 1.807) is 0 Å². The van der Waals surface area contributed by atoms with Crippen LogP contribution in [0, 0.1) is 0 Å². The van der Waals surface area contributed by atoms with Crippen LogP contribution in [0.5, 0.6) is 0 Å². The topological polar surface area (TPSA) is 48.5 Å². The Hall–Kier alpha value is -1.83. The Morgan fingerprint density at radius 3 is 2.38 bits per heavy atom. The molecule has 2 fully saturated rings. The number of carbonyl (C=O) groups excluding carboxylic acids is 1. The molecular weight excluding hydrogens is 345 g/mol. The Bertz CT molecular complexity index is 606. The number of nitrogens with one attached hydrogen (secondary N) is 1. The van der Waals surface area contributed by atoms with E-state index in [1.807, 2.05) is 11.8 Å². The zero-order valence-electron chi connectivity index (χ0n) is 14.9. The molecule has 0 bridgehead atoms. The number of alkyl halides is 3. The van der Waals surface area contributed by atoms with Gasteiger partial charge in [0.2, 0.25) is 5.91 Å². The van der Waals surface area contributed by atoms with Gasteiger partial charge < -0.3 is 10.2 Å². The summed E-state index contributed by atoms with van der Waals surface area (Å²) in [6, 6.07) is 2.59. The van der Waals surface area contributed by atoms with Gasteiger partial charge in [-0.25, -0.2) is 4.98 Å². The number of hydrogen-bond donors (Lipinski definition) is 1. The number of nitrogens with zero attached hydrogens (tertiary/aromatic N) is 3. The van der Waals surface area contributed by atoms with Crippen LogP contribution in [-0.2, 0) is 11.0 Å². The van der Waals surface area contributed by atoms with Gasteiger partial charge in [-0.15, -0.1) is 0 Å². The highest BCUT2D eigenvalue weighted by atomic mass is 19.4. The summed E-state index contributed by atoms with van der Waals surface area (Å²) >= 11 is 0. The second kappa shape index (κ2) is 7.82. The van der Waals surface area contributed by atoms with Gasteiger partial charge in [0, 0.05) is 38.4 Å². The van der Waals surface area contributed by atoms with Gasteiger partial charge >= 0.3 is 6.18 Å². The van der Waals surface area contributed by atoms with Crippen molar-refractivity contribution in [3.8, 4) is 0 Å². The molecule has 2 heterocycles. The third-order valence-corrected chi connectivity index (χ3v) is 5.34. The van der Waals surface area contributed by atoms with Crippen molar-refractivity contribution in [3.05, 3.63) is 23.9 Å². The molecule has 1 saturated heterocycles. The largest absolute Gasteiger partial charge is 0.417 e. The third-order valence-electron chi connectivity index (χ3n) is 5.34. The predicted molar refractivity (Wildman–Crippen MR) is 92.9 cm³/mol. The van der Waals surface area contributed by atoms with E-state index in [9.17, 15) is 18.0 Å². The van der Waals surface area contributed by atoms with E-state index in [0.29, 0.717) is 38.0 Å². The number of amides is 1. The Balaban J connectivity index is 1.51. The quantitative estimate of drug-likeness (QED) is 0.885. The van der Waals surface area contributed by atoms with Gasteiger partial charge in [-0.1, -0.05) is 12.8 Å². The Morgan fingerprint density at radius 1 is 1.19 bits per heavy atom. The van der Waals surface area contributed by atoms with E-state index in [4.69, 9.17) is 0 Å². The molecule has 0 unspecified atom stereocenters. The first-order valence-electron chi connectivity index (χ1n) is 9.17. The summed E-state index contributed by atoms with van der Waals surface area (Å²) in [6.45, 7) is 4.55. The highest BCUT2D eigenvalue weighted by Crippen LogP contribution is 2.29. The average Bonchev–Trinajstić information content (AvgIpc) is 3.13. The molecule has 1 N–H and O–H groups in total. The summed E-state index contributed by atoms with van der Waals surface area (Å²) < 4.78 is 37.9. The van der Waals surface area contributed by atoms with Crippen molar-refractivity contribution in [3.63, 3.8) is 0 Å². The average molecular weight is 370 g/mol. The van der Waals surface area contributed by atoms with Gasteiger partial charge in [-0.3, -0.25) is 9.69 Å². The van der Waals surface area contributed by atoms with Crippen molar-refractivity contribution in [2.75, 3.05) is 31.1 Å². The van der Waals surface area contributed by atoms with E-state index in [0.717, 1.165) is 25.1 Å². The predicted octanol–water partition coefficient (Wildman–Crippen LogP) is 2.67. The van der Waals surface area contributed by atoms with Gasteiger partial charge in [-0.2, -0.15) is 13.2 Å². The number of aromatic nitrogens is 1. The maximum absolute atomic E-state index is 12.6. The molecule has 3 rings (SSSR count). The fraction of sp³-hybridized carbons (Fsp3) is 0.667. The number of piperazine rings is 1. The summed E-state index contributed by atoms with van der Waals surface area (Å²) in [5.41, 5.74) is -0.739. The monoisotopic (exact) mass is 370 g/mol. The van der Waals surface area contributed by atoms with Crippen LogP contribution < -0.4 is 10.2 Å². The Morgan fingerprint density at radius 2 is 1.85 bits per heavy atom. The van der Waals surface area contributed by atoms with Crippen LogP contribution in [0.3, 0.4) is 0 Å². The summed E-state index contributed by atoms with van der Waals surface area (Å²) in [6.07, 6.45) is 0.986. The fourth-order valence-electron chi connectivity index (χ4n) is 3.64. The van der Waals surface area contributed by atoms with Gasteiger partial charge in [0.15, 0.2) is 0 Å². The van der Waals surface area contributed by atoms with Crippen molar-refractivity contribution < 1.29 is 18.0 Å². The number of carbonyl (C=O) groups is 1. The molecule has 1 saturated carbocycles. The normalized spacial score (nSPS) is 21.0. The summed E-state index contributed by atoms with van der Waals surface area (Å²) in [7, 11) is 0. The molecular formula is C18H25F3N4O. The maximum atomic E-state index is 12.6. The molecule has 0 spiro atoms. The van der Waals surface area contributed by atoms with Crippen LogP contribution in [0.15, 0.2) is 18.3 Å². The lowest BCUT2D eigenvalue weighted by atomic mass is 10.2. The zero-order valence-corrected chi connectivity index (χ0v) is 14.9. The summed E-state index contributed by atoms with van der Waals surface area (Å²) in [5.74, 6) is 0.610. The molecule has 1 aromatic rings. The molecule has 0 radical (unpaired) electrons. The van der Waals surface area contributed by atoms with Crippen LogP contribution in [0.2, 0.25) is 0 Å². The molecule has 8 heteroatoms. The highest BCUT2D eigenvalue weighted by Gasteiger charge is 2.31. The molecule has 0 aromatic carbocycles. The van der Waals surface area contributed by atoms with Crippen LogP contribution in [0.4, 0.5) is 19.0 Å². The molecule has 1 atom stereocenters. The van der Waals surface area contributed by atoms with Crippen LogP contribution >= 0.6 is 0 Å². The van der Waals surface area contributed by atoms with Gasteiger partial charge in [0.25, 0.3) is 0 Å². The summed E-state index contributed by atoms with van der Waals surface area (Å²) in [4.78, 5) is 20.4. The number of anilines is 1. The number of pyridine rings is 1. The van der Waals surface area contributed by atoms with Crippen LogP contribution in [0.25, 0.3) is 0 Å². The molecule has 26 heavy (non-hydrogen) atoms. The number of hydrogen-bond acceptors (Lipinski definition) is 4. The molecule has 1 amide bonds. The second-order valence-electron chi connectivity index (χ2n) is 7.09. The minimum absolute atomic E-state index is 0.0676. The van der Waals surface area contributed by atoms with Gasteiger partial charge in [-0.05, 0) is 31.9 Å². The van der Waals surface area contributed by atoms with Gasteiger partial charge in [0.05, 0.1) is 11.6 Å². The van der Waals surface area contributed by atoms with E-state index in [1.165, 1.54) is 18.9 Å². The van der Waals surface area contributed by atoms with Crippen molar-refractivity contribution in [2.24, 2.45) is 0 Å². The lowest BCUT2D eigenvalue weighted by Gasteiger charge is -2.38. The van der Waals surface area contributed by atoms with Gasteiger partial charge in [0.1, 0.15) is 5.82 Å².